The van der Waals surface area contributed by atoms with Crippen LogP contribution in [0, 0.1) is 0 Å². The van der Waals surface area contributed by atoms with Gasteiger partial charge in [-0.1, -0.05) is 12.1 Å². The molecule has 0 aliphatic carbocycles. The molecule has 0 saturated heterocycles. The largest absolute Gasteiger partial charge is 0.497 e. The molecule has 25 heavy (non-hydrogen) atoms. The highest BCUT2D eigenvalue weighted by Crippen LogP contribution is 2.23. The van der Waals surface area contributed by atoms with Gasteiger partial charge in [-0.15, -0.1) is 24.8 Å². The number of hydrogen-bond acceptors (Lipinski definition) is 5. The third-order valence-electron chi connectivity index (χ3n) is 3.16. The van der Waals surface area contributed by atoms with Gasteiger partial charge in [-0.2, -0.15) is 0 Å². The van der Waals surface area contributed by atoms with Gasteiger partial charge in [0.15, 0.2) is 0 Å². The summed E-state index contributed by atoms with van der Waals surface area (Å²) in [5.74, 6) is 1.85. The first-order chi connectivity index (χ1) is 11.2. The van der Waals surface area contributed by atoms with Crippen molar-refractivity contribution in [2.75, 3.05) is 13.7 Å². The lowest BCUT2D eigenvalue weighted by Crippen LogP contribution is -2.23. The van der Waals surface area contributed by atoms with Gasteiger partial charge in [0.05, 0.1) is 7.11 Å². The molecule has 8 heteroatoms. The Kier molecular flexibility index (Phi) is 11.4. The van der Waals surface area contributed by atoms with Crippen molar-refractivity contribution >= 4 is 30.7 Å². The summed E-state index contributed by atoms with van der Waals surface area (Å²) in [6, 6.07) is 10.9. The highest BCUT2D eigenvalue weighted by molar-refractivity contribution is 5.85. The molecular weight excluding hydrogens is 365 g/mol. The summed E-state index contributed by atoms with van der Waals surface area (Å²) in [4.78, 5) is 15.8. The maximum atomic E-state index is 11.5. The standard InChI is InChI=1S/C17H21N3O3.2ClH/c1-22-14-4-2-5-15(10-14)23-17-8-7-13(12-20-17)11-19-16(21)6-3-9-18;;/h2,4-5,7-8,10,12H,3,6,9,11,18H2,1H3,(H,19,21);2*1H. The topological polar surface area (TPSA) is 86.5 Å². The Labute approximate surface area is 159 Å². The molecule has 138 valence electrons. The lowest BCUT2D eigenvalue weighted by atomic mass is 10.2. The fourth-order valence-corrected chi connectivity index (χ4v) is 1.91. The maximum Gasteiger partial charge on any atom is 0.220 e. The van der Waals surface area contributed by atoms with Crippen molar-refractivity contribution in [3.05, 3.63) is 48.2 Å². The molecule has 0 atom stereocenters. The zero-order valence-electron chi connectivity index (χ0n) is 13.9. The summed E-state index contributed by atoms with van der Waals surface area (Å²) in [5.41, 5.74) is 6.28. The minimum absolute atomic E-state index is 0. The van der Waals surface area contributed by atoms with E-state index in [1.807, 2.05) is 24.3 Å². The number of halogens is 2. The molecule has 1 aromatic heterocycles. The van der Waals surface area contributed by atoms with Crippen LogP contribution in [0.5, 0.6) is 17.4 Å². The van der Waals surface area contributed by atoms with Gasteiger partial charge in [0, 0.05) is 31.3 Å². The lowest BCUT2D eigenvalue weighted by molar-refractivity contribution is -0.121. The van der Waals surface area contributed by atoms with Gasteiger partial charge in [-0.3, -0.25) is 4.79 Å². The number of benzene rings is 1. The lowest BCUT2D eigenvalue weighted by Gasteiger charge is -2.08. The Morgan fingerprint density at radius 3 is 2.60 bits per heavy atom. The normalized spacial score (nSPS) is 9.36. The van der Waals surface area contributed by atoms with Crippen LogP contribution in [0.1, 0.15) is 18.4 Å². The van der Waals surface area contributed by atoms with E-state index >= 15 is 0 Å². The van der Waals surface area contributed by atoms with Crippen LogP contribution >= 0.6 is 24.8 Å². The summed E-state index contributed by atoms with van der Waals surface area (Å²) >= 11 is 0. The van der Waals surface area contributed by atoms with Gasteiger partial charge in [0.1, 0.15) is 11.5 Å². The number of nitrogens with one attached hydrogen (secondary N) is 1. The highest BCUT2D eigenvalue weighted by Gasteiger charge is 2.03. The monoisotopic (exact) mass is 387 g/mol. The van der Waals surface area contributed by atoms with Gasteiger partial charge < -0.3 is 20.5 Å². The zero-order chi connectivity index (χ0) is 16.5. The molecule has 0 aliphatic rings. The van der Waals surface area contributed by atoms with Crippen molar-refractivity contribution in [1.29, 1.82) is 0 Å². The fraction of sp³-hybridized carbons (Fsp3) is 0.294. The number of methoxy groups -OCH3 is 1. The molecule has 0 unspecified atom stereocenters. The molecule has 6 nitrogen and oxygen atoms in total. The molecule has 1 amide bonds. The van der Waals surface area contributed by atoms with Gasteiger partial charge in [0.2, 0.25) is 11.8 Å². The third-order valence-corrected chi connectivity index (χ3v) is 3.16. The van der Waals surface area contributed by atoms with Gasteiger partial charge >= 0.3 is 0 Å². The van der Waals surface area contributed by atoms with Crippen LogP contribution in [0.25, 0.3) is 0 Å². The minimum Gasteiger partial charge on any atom is -0.497 e. The third kappa shape index (κ3) is 8.07. The Balaban J connectivity index is 0.00000288. The van der Waals surface area contributed by atoms with Crippen LogP contribution in [0.15, 0.2) is 42.6 Å². The van der Waals surface area contributed by atoms with Crippen LogP contribution in [0.4, 0.5) is 0 Å². The molecule has 0 spiro atoms. The molecule has 1 heterocycles. The number of hydrogen-bond donors (Lipinski definition) is 2. The SMILES string of the molecule is COc1cccc(Oc2ccc(CNC(=O)CCCN)cn2)c1.Cl.Cl. The Morgan fingerprint density at radius 2 is 1.96 bits per heavy atom. The van der Waals surface area contributed by atoms with Gasteiger partial charge in [-0.05, 0) is 30.7 Å². The molecule has 0 aliphatic heterocycles. The van der Waals surface area contributed by atoms with Crippen molar-refractivity contribution in [3.63, 3.8) is 0 Å². The number of pyridine rings is 1. The summed E-state index contributed by atoms with van der Waals surface area (Å²) in [6.07, 6.45) is 2.82. The van der Waals surface area contributed by atoms with Crippen molar-refractivity contribution < 1.29 is 14.3 Å². The predicted octanol–water partition coefficient (Wildman–Crippen LogP) is 3.08. The van der Waals surface area contributed by atoms with E-state index in [1.54, 1.807) is 25.4 Å². The highest BCUT2D eigenvalue weighted by atomic mass is 35.5. The van der Waals surface area contributed by atoms with Gasteiger partial charge in [0.25, 0.3) is 0 Å². The van der Waals surface area contributed by atoms with E-state index in [-0.39, 0.29) is 30.7 Å². The number of nitrogens with zero attached hydrogens (tertiary/aromatic N) is 1. The van der Waals surface area contributed by atoms with E-state index in [1.165, 1.54) is 0 Å². The molecular formula is C17H23Cl2N3O3. The first kappa shape index (κ1) is 23.0. The average molecular weight is 388 g/mol. The smallest absolute Gasteiger partial charge is 0.220 e. The zero-order valence-corrected chi connectivity index (χ0v) is 15.6. The Hall–Kier alpha value is -2.02. The second-order valence-electron chi connectivity index (χ2n) is 4.95. The number of amides is 1. The number of nitrogens with two attached hydrogens (primary N) is 1. The van der Waals surface area contributed by atoms with E-state index in [4.69, 9.17) is 15.2 Å². The summed E-state index contributed by atoms with van der Waals surface area (Å²) in [6.45, 7) is 0.959. The number of ether oxygens (including phenoxy) is 2. The molecule has 0 saturated carbocycles. The van der Waals surface area contributed by atoms with E-state index in [2.05, 4.69) is 10.3 Å². The summed E-state index contributed by atoms with van der Waals surface area (Å²) in [7, 11) is 1.61. The number of aromatic nitrogens is 1. The van der Waals surface area contributed by atoms with E-state index < -0.39 is 0 Å². The predicted molar refractivity (Wildman–Crippen MR) is 102 cm³/mol. The molecule has 1 aromatic carbocycles. The van der Waals surface area contributed by atoms with Crippen molar-refractivity contribution in [2.45, 2.75) is 19.4 Å². The average Bonchev–Trinajstić information content (AvgIpc) is 2.59. The second kappa shape index (κ2) is 12.4. The molecule has 0 fully saturated rings. The van der Waals surface area contributed by atoms with Crippen molar-refractivity contribution in [3.8, 4) is 17.4 Å². The van der Waals surface area contributed by atoms with Crippen LogP contribution in [0.3, 0.4) is 0 Å². The molecule has 0 bridgehead atoms. The molecule has 2 rings (SSSR count). The molecule has 0 radical (unpaired) electrons. The Morgan fingerprint density at radius 1 is 1.20 bits per heavy atom. The quantitative estimate of drug-likeness (QED) is 0.726. The van der Waals surface area contributed by atoms with Crippen LogP contribution in [-0.4, -0.2) is 24.5 Å². The fourth-order valence-electron chi connectivity index (χ4n) is 1.91. The van der Waals surface area contributed by atoms with Crippen molar-refractivity contribution in [1.82, 2.24) is 10.3 Å². The Bertz CT molecular complexity index is 639. The van der Waals surface area contributed by atoms with Crippen LogP contribution in [0.2, 0.25) is 0 Å². The van der Waals surface area contributed by atoms with E-state index in [0.29, 0.717) is 37.6 Å². The van der Waals surface area contributed by atoms with E-state index in [0.717, 1.165) is 11.3 Å². The van der Waals surface area contributed by atoms with Crippen LogP contribution in [-0.2, 0) is 11.3 Å². The second-order valence-corrected chi connectivity index (χ2v) is 4.95. The number of carbonyl (C=O) groups is 1. The van der Waals surface area contributed by atoms with Crippen LogP contribution < -0.4 is 20.5 Å². The van der Waals surface area contributed by atoms with E-state index in [9.17, 15) is 4.79 Å². The van der Waals surface area contributed by atoms with Gasteiger partial charge in [-0.25, -0.2) is 4.98 Å². The summed E-state index contributed by atoms with van der Waals surface area (Å²) in [5, 5.41) is 2.83. The molecule has 2 aromatic rings. The number of carbonyl (C=O) groups excluding carboxylic acids is 1. The minimum atomic E-state index is -0.00726. The number of rotatable bonds is 8. The van der Waals surface area contributed by atoms with Crippen molar-refractivity contribution in [2.24, 2.45) is 5.73 Å². The maximum absolute atomic E-state index is 11.5. The summed E-state index contributed by atoms with van der Waals surface area (Å²) < 4.78 is 10.8. The molecule has 3 N–H and O–H groups in total. The first-order valence-electron chi connectivity index (χ1n) is 7.45. The first-order valence-corrected chi connectivity index (χ1v) is 7.45.